The van der Waals surface area contributed by atoms with Crippen LogP contribution >= 0.6 is 39.1 Å². The number of carbonyl (C=O) groups excluding carboxylic acids is 1. The molecule has 0 heterocycles. The summed E-state index contributed by atoms with van der Waals surface area (Å²) in [6, 6.07) is 20.7. The van der Waals surface area contributed by atoms with Crippen LogP contribution in [0.2, 0.25) is 10.0 Å². The molecule has 1 amide bonds. The number of para-hydroxylation sites is 1. The van der Waals surface area contributed by atoms with Gasteiger partial charge in [0.05, 0.1) is 20.2 Å². The fourth-order valence-corrected chi connectivity index (χ4v) is 3.35. The SMILES string of the molecule is O=C(COc1ccc(-c2ccccc2)cc1Br)Nc1c(Cl)cccc1Cl. The number of anilines is 1. The van der Waals surface area contributed by atoms with E-state index in [2.05, 4.69) is 21.2 Å². The molecule has 3 rings (SSSR count). The van der Waals surface area contributed by atoms with Gasteiger partial charge < -0.3 is 10.1 Å². The summed E-state index contributed by atoms with van der Waals surface area (Å²) in [5.74, 6) is 0.226. The summed E-state index contributed by atoms with van der Waals surface area (Å²) in [5.41, 5.74) is 2.53. The van der Waals surface area contributed by atoms with Gasteiger partial charge >= 0.3 is 0 Å². The molecular weight excluding hydrogens is 437 g/mol. The van der Waals surface area contributed by atoms with Gasteiger partial charge in [-0.05, 0) is 51.3 Å². The molecule has 0 unspecified atom stereocenters. The Kier molecular flexibility index (Phi) is 6.20. The Morgan fingerprint density at radius 1 is 0.923 bits per heavy atom. The second-order valence-electron chi connectivity index (χ2n) is 5.44. The van der Waals surface area contributed by atoms with E-state index in [-0.39, 0.29) is 12.5 Å². The number of ether oxygens (including phenoxy) is 1. The maximum Gasteiger partial charge on any atom is 0.262 e. The van der Waals surface area contributed by atoms with Gasteiger partial charge in [-0.15, -0.1) is 0 Å². The number of hydrogen-bond acceptors (Lipinski definition) is 2. The highest BCUT2D eigenvalue weighted by Gasteiger charge is 2.11. The summed E-state index contributed by atoms with van der Waals surface area (Å²) in [7, 11) is 0. The van der Waals surface area contributed by atoms with Gasteiger partial charge in [0.15, 0.2) is 6.61 Å². The minimum Gasteiger partial charge on any atom is -0.483 e. The van der Waals surface area contributed by atoms with Crippen molar-refractivity contribution < 1.29 is 9.53 Å². The summed E-state index contributed by atoms with van der Waals surface area (Å²) in [4.78, 5) is 12.1. The molecule has 0 aliphatic rings. The van der Waals surface area contributed by atoms with Crippen LogP contribution in [-0.4, -0.2) is 12.5 Å². The summed E-state index contributed by atoms with van der Waals surface area (Å²) in [6.07, 6.45) is 0. The van der Waals surface area contributed by atoms with Gasteiger partial charge in [-0.25, -0.2) is 0 Å². The van der Waals surface area contributed by atoms with E-state index < -0.39 is 0 Å². The number of benzene rings is 3. The van der Waals surface area contributed by atoms with Gasteiger partial charge in [-0.2, -0.15) is 0 Å². The van der Waals surface area contributed by atoms with E-state index in [4.69, 9.17) is 27.9 Å². The molecule has 0 aliphatic carbocycles. The number of nitrogens with one attached hydrogen (secondary N) is 1. The molecule has 3 aromatic rings. The lowest BCUT2D eigenvalue weighted by atomic mass is 10.1. The monoisotopic (exact) mass is 449 g/mol. The molecule has 3 aromatic carbocycles. The number of carbonyl (C=O) groups is 1. The number of amides is 1. The van der Waals surface area contributed by atoms with Gasteiger partial charge in [-0.3, -0.25) is 4.79 Å². The van der Waals surface area contributed by atoms with Crippen LogP contribution in [-0.2, 0) is 4.79 Å². The topological polar surface area (TPSA) is 38.3 Å². The zero-order valence-corrected chi connectivity index (χ0v) is 16.6. The van der Waals surface area contributed by atoms with Crippen LogP contribution in [0.25, 0.3) is 11.1 Å². The van der Waals surface area contributed by atoms with E-state index in [1.54, 1.807) is 18.2 Å². The van der Waals surface area contributed by atoms with Crippen LogP contribution in [0.5, 0.6) is 5.75 Å². The van der Waals surface area contributed by atoms with Crippen LogP contribution in [0.15, 0.2) is 71.2 Å². The highest BCUT2D eigenvalue weighted by molar-refractivity contribution is 9.10. The Labute approximate surface area is 170 Å². The van der Waals surface area contributed by atoms with Crippen molar-refractivity contribution in [3.05, 3.63) is 81.2 Å². The molecule has 0 saturated heterocycles. The Morgan fingerprint density at radius 3 is 2.27 bits per heavy atom. The van der Waals surface area contributed by atoms with E-state index in [0.29, 0.717) is 21.5 Å². The highest BCUT2D eigenvalue weighted by Crippen LogP contribution is 2.31. The average Bonchev–Trinajstić information content (AvgIpc) is 2.64. The van der Waals surface area contributed by atoms with E-state index in [1.807, 2.05) is 48.5 Å². The van der Waals surface area contributed by atoms with Crippen LogP contribution in [0.4, 0.5) is 5.69 Å². The Morgan fingerprint density at radius 2 is 1.62 bits per heavy atom. The largest absolute Gasteiger partial charge is 0.483 e. The molecule has 3 nitrogen and oxygen atoms in total. The van der Waals surface area contributed by atoms with E-state index in [9.17, 15) is 4.79 Å². The Bertz CT molecular complexity index is 912. The molecular formula is C20H14BrCl2NO2. The van der Waals surface area contributed by atoms with E-state index in [1.165, 1.54) is 0 Å². The lowest BCUT2D eigenvalue weighted by molar-refractivity contribution is -0.118. The lowest BCUT2D eigenvalue weighted by Gasteiger charge is -2.12. The van der Waals surface area contributed by atoms with Gasteiger partial charge in [0.1, 0.15) is 5.75 Å². The van der Waals surface area contributed by atoms with Gasteiger partial charge in [0.2, 0.25) is 0 Å². The zero-order valence-electron chi connectivity index (χ0n) is 13.5. The second-order valence-corrected chi connectivity index (χ2v) is 7.11. The van der Waals surface area contributed by atoms with Crippen molar-refractivity contribution in [3.63, 3.8) is 0 Å². The smallest absolute Gasteiger partial charge is 0.262 e. The minimum atomic E-state index is -0.348. The second kappa shape index (κ2) is 8.58. The third kappa shape index (κ3) is 4.58. The Hall–Kier alpha value is -2.01. The summed E-state index contributed by atoms with van der Waals surface area (Å²) >= 11 is 15.6. The molecule has 0 aromatic heterocycles. The van der Waals surface area contributed by atoms with Crippen molar-refractivity contribution in [1.29, 1.82) is 0 Å². The van der Waals surface area contributed by atoms with Gasteiger partial charge in [0, 0.05) is 0 Å². The standard InChI is InChI=1S/C20H14BrCl2NO2/c21-15-11-14(13-5-2-1-3-6-13)9-10-18(15)26-12-19(25)24-20-16(22)7-4-8-17(20)23/h1-11H,12H2,(H,24,25). The van der Waals surface area contributed by atoms with Crippen LogP contribution in [0.3, 0.4) is 0 Å². The number of halogens is 3. The molecule has 0 aliphatic heterocycles. The van der Waals surface area contributed by atoms with Crippen LogP contribution < -0.4 is 10.1 Å². The van der Waals surface area contributed by atoms with E-state index >= 15 is 0 Å². The first kappa shape index (κ1) is 18.8. The number of rotatable bonds is 5. The predicted octanol–water partition coefficient (Wildman–Crippen LogP) is 6.44. The molecule has 6 heteroatoms. The van der Waals surface area contributed by atoms with Crippen molar-refractivity contribution in [1.82, 2.24) is 0 Å². The molecule has 0 spiro atoms. The van der Waals surface area contributed by atoms with Crippen molar-refractivity contribution in [2.24, 2.45) is 0 Å². The van der Waals surface area contributed by atoms with Crippen LogP contribution in [0.1, 0.15) is 0 Å². The molecule has 0 radical (unpaired) electrons. The Balaban J connectivity index is 1.65. The molecule has 0 fully saturated rings. The van der Waals surface area contributed by atoms with E-state index in [0.717, 1.165) is 15.6 Å². The first-order valence-corrected chi connectivity index (χ1v) is 9.31. The fraction of sp³-hybridized carbons (Fsp3) is 0.0500. The lowest BCUT2D eigenvalue weighted by Crippen LogP contribution is -2.20. The third-order valence-electron chi connectivity index (χ3n) is 3.62. The quantitative estimate of drug-likeness (QED) is 0.485. The maximum atomic E-state index is 12.1. The van der Waals surface area contributed by atoms with Crippen molar-refractivity contribution in [3.8, 4) is 16.9 Å². The zero-order chi connectivity index (χ0) is 18.5. The molecule has 0 bridgehead atoms. The molecule has 132 valence electrons. The first-order chi connectivity index (χ1) is 12.5. The van der Waals surface area contributed by atoms with Crippen molar-refractivity contribution >= 4 is 50.7 Å². The number of hydrogen-bond donors (Lipinski definition) is 1. The molecule has 1 N–H and O–H groups in total. The van der Waals surface area contributed by atoms with Crippen molar-refractivity contribution in [2.45, 2.75) is 0 Å². The minimum absolute atomic E-state index is 0.162. The molecule has 0 saturated carbocycles. The van der Waals surface area contributed by atoms with Crippen LogP contribution in [0, 0.1) is 0 Å². The summed E-state index contributed by atoms with van der Waals surface area (Å²) in [6.45, 7) is -0.162. The summed E-state index contributed by atoms with van der Waals surface area (Å²) in [5, 5.41) is 3.41. The van der Waals surface area contributed by atoms with Gasteiger partial charge in [-0.1, -0.05) is 65.7 Å². The molecule has 26 heavy (non-hydrogen) atoms. The third-order valence-corrected chi connectivity index (χ3v) is 4.87. The van der Waals surface area contributed by atoms with Crippen molar-refractivity contribution in [2.75, 3.05) is 11.9 Å². The predicted molar refractivity (Wildman–Crippen MR) is 110 cm³/mol. The normalized spacial score (nSPS) is 10.4. The fourth-order valence-electron chi connectivity index (χ4n) is 2.36. The first-order valence-electron chi connectivity index (χ1n) is 7.76. The van der Waals surface area contributed by atoms with Gasteiger partial charge in [0.25, 0.3) is 5.91 Å². The molecule has 0 atom stereocenters. The maximum absolute atomic E-state index is 12.1. The summed E-state index contributed by atoms with van der Waals surface area (Å²) < 4.78 is 6.36. The average molecular weight is 451 g/mol. The highest BCUT2D eigenvalue weighted by atomic mass is 79.9.